The van der Waals surface area contributed by atoms with Crippen molar-refractivity contribution in [2.45, 2.75) is 98.6 Å². The van der Waals surface area contributed by atoms with Crippen LogP contribution >= 0.6 is 0 Å². The highest BCUT2D eigenvalue weighted by Crippen LogP contribution is 2.10. The Labute approximate surface area is 167 Å². The van der Waals surface area contributed by atoms with Crippen molar-refractivity contribution in [3.63, 3.8) is 0 Å². The van der Waals surface area contributed by atoms with Crippen molar-refractivity contribution in [3.8, 4) is 0 Å². The molecule has 148 valence electrons. The van der Waals surface area contributed by atoms with Crippen molar-refractivity contribution < 1.29 is 9.13 Å². The second kappa shape index (κ2) is 11.9. The Morgan fingerprint density at radius 3 is 1.00 bits per heavy atom. The largest absolute Gasteiger partial charge is 0.205 e. The summed E-state index contributed by atoms with van der Waals surface area (Å²) in [4.78, 5) is 0. The van der Waals surface area contributed by atoms with E-state index in [9.17, 15) is 0 Å². The molecule has 0 unspecified atom stereocenters. The van der Waals surface area contributed by atoms with Gasteiger partial charge >= 0.3 is 0 Å². The first-order valence-electron chi connectivity index (χ1n) is 11.0. The number of aryl methyl sites for hydroxylation is 6. The predicted molar refractivity (Wildman–Crippen MR) is 114 cm³/mol. The smallest absolute Gasteiger partial charge is 0.171 e. The second-order valence-electron chi connectivity index (χ2n) is 8.44. The molecule has 0 aromatic carbocycles. The van der Waals surface area contributed by atoms with E-state index in [0.717, 1.165) is 0 Å². The summed E-state index contributed by atoms with van der Waals surface area (Å²) in [6.07, 6.45) is 21.4. The quantitative estimate of drug-likeness (QED) is 0.335. The maximum Gasteiger partial charge on any atom is 0.171 e. The molecule has 0 aliphatic carbocycles. The molecule has 0 amide bonds. The van der Waals surface area contributed by atoms with Crippen molar-refractivity contribution in [2.24, 2.45) is 0 Å². The van der Waals surface area contributed by atoms with Gasteiger partial charge in [0.25, 0.3) is 0 Å². The number of aromatic nitrogens is 2. The zero-order valence-electron chi connectivity index (χ0n) is 18.1. The predicted octanol–water partition coefficient (Wildman–Crippen LogP) is 5.71. The highest BCUT2D eigenvalue weighted by molar-refractivity contribution is 5.11. The van der Waals surface area contributed by atoms with Crippen molar-refractivity contribution in [3.05, 3.63) is 59.2 Å². The van der Waals surface area contributed by atoms with Gasteiger partial charge in [0.1, 0.15) is 13.1 Å². The van der Waals surface area contributed by atoms with Crippen LogP contribution in [0.4, 0.5) is 0 Å². The molecular weight excluding hydrogens is 328 g/mol. The van der Waals surface area contributed by atoms with E-state index in [-0.39, 0.29) is 0 Å². The van der Waals surface area contributed by atoms with Gasteiger partial charge in [-0.15, -0.1) is 0 Å². The Kier molecular flexibility index (Phi) is 9.52. The molecule has 0 bridgehead atoms. The third-order valence-electron chi connectivity index (χ3n) is 5.22. The number of pyridine rings is 2. The van der Waals surface area contributed by atoms with Crippen LogP contribution in [0.2, 0.25) is 0 Å². The lowest BCUT2D eigenvalue weighted by Crippen LogP contribution is -2.33. The Balaban J connectivity index is 1.43. The summed E-state index contributed by atoms with van der Waals surface area (Å²) >= 11 is 0. The highest BCUT2D eigenvalue weighted by Gasteiger charge is 2.04. The molecule has 0 spiro atoms. The van der Waals surface area contributed by atoms with E-state index >= 15 is 0 Å². The molecule has 2 aromatic rings. The van der Waals surface area contributed by atoms with E-state index in [4.69, 9.17) is 0 Å². The van der Waals surface area contributed by atoms with Gasteiger partial charge < -0.3 is 0 Å². The molecule has 0 fully saturated rings. The van der Waals surface area contributed by atoms with Crippen molar-refractivity contribution in [2.75, 3.05) is 0 Å². The minimum absolute atomic E-state index is 1.17. The molecule has 0 aliphatic rings. The summed E-state index contributed by atoms with van der Waals surface area (Å²) in [6.45, 7) is 11.1. The SMILES string of the molecule is Cc1cc(C)c[n+](CCCCCCCCCCC[n+]2cc(C)cc(C)c2)c1. The first-order valence-corrected chi connectivity index (χ1v) is 11.0. The Morgan fingerprint density at radius 2 is 0.704 bits per heavy atom. The van der Waals surface area contributed by atoms with Crippen LogP contribution in [0.25, 0.3) is 0 Å². The summed E-state index contributed by atoms with van der Waals surface area (Å²) in [7, 11) is 0. The van der Waals surface area contributed by atoms with Crippen LogP contribution < -0.4 is 9.13 Å². The van der Waals surface area contributed by atoms with Crippen LogP contribution in [0, 0.1) is 27.7 Å². The third kappa shape index (κ3) is 9.17. The van der Waals surface area contributed by atoms with Crippen molar-refractivity contribution in [1.29, 1.82) is 0 Å². The van der Waals surface area contributed by atoms with Gasteiger partial charge in [0.2, 0.25) is 0 Å². The van der Waals surface area contributed by atoms with Crippen LogP contribution in [-0.4, -0.2) is 0 Å². The number of rotatable bonds is 12. The van der Waals surface area contributed by atoms with Gasteiger partial charge in [-0.05, 0) is 52.7 Å². The number of hydrogen-bond donors (Lipinski definition) is 0. The third-order valence-corrected chi connectivity index (χ3v) is 5.22. The highest BCUT2D eigenvalue weighted by atomic mass is 14.9. The summed E-state index contributed by atoms with van der Waals surface area (Å²) in [5, 5.41) is 0. The maximum absolute atomic E-state index is 2.36. The van der Waals surface area contributed by atoms with E-state index in [0.29, 0.717) is 0 Å². The minimum atomic E-state index is 1.17. The van der Waals surface area contributed by atoms with Gasteiger partial charge in [-0.25, -0.2) is 9.13 Å². The van der Waals surface area contributed by atoms with E-state index in [1.165, 1.54) is 93.1 Å². The molecule has 2 rings (SSSR count). The molecule has 0 radical (unpaired) electrons. The summed E-state index contributed by atoms with van der Waals surface area (Å²) in [5.41, 5.74) is 5.47. The normalized spacial score (nSPS) is 11.1. The van der Waals surface area contributed by atoms with Crippen LogP contribution in [0.3, 0.4) is 0 Å². The van der Waals surface area contributed by atoms with Crippen LogP contribution in [0.15, 0.2) is 36.9 Å². The van der Waals surface area contributed by atoms with Crippen LogP contribution in [0.1, 0.15) is 80.0 Å². The number of unbranched alkanes of at least 4 members (excludes halogenated alkanes) is 8. The molecular formula is C25H40N2+2. The van der Waals surface area contributed by atoms with Gasteiger partial charge in [0.15, 0.2) is 24.8 Å². The first kappa shape index (κ1) is 21.6. The van der Waals surface area contributed by atoms with E-state index in [1.54, 1.807) is 0 Å². The molecule has 2 heterocycles. The molecule has 0 saturated carbocycles. The molecule has 2 heteroatoms. The molecule has 27 heavy (non-hydrogen) atoms. The summed E-state index contributed by atoms with van der Waals surface area (Å²) in [6, 6.07) is 4.49. The number of nitrogens with zero attached hydrogens (tertiary/aromatic N) is 2. The second-order valence-corrected chi connectivity index (χ2v) is 8.44. The summed E-state index contributed by atoms with van der Waals surface area (Å²) in [5.74, 6) is 0. The van der Waals surface area contributed by atoms with E-state index in [1.807, 2.05) is 0 Å². The molecule has 2 aromatic heterocycles. The lowest BCUT2D eigenvalue weighted by Gasteiger charge is -2.03. The molecule has 0 N–H and O–H groups in total. The fourth-order valence-corrected chi connectivity index (χ4v) is 4.07. The lowest BCUT2D eigenvalue weighted by molar-refractivity contribution is -0.698. The van der Waals surface area contributed by atoms with Crippen molar-refractivity contribution >= 4 is 0 Å². The van der Waals surface area contributed by atoms with E-state index < -0.39 is 0 Å². The van der Waals surface area contributed by atoms with Crippen LogP contribution in [0.5, 0.6) is 0 Å². The topological polar surface area (TPSA) is 7.76 Å². The van der Waals surface area contributed by atoms with E-state index in [2.05, 4.69) is 73.7 Å². The molecule has 2 nitrogen and oxygen atoms in total. The number of hydrogen-bond acceptors (Lipinski definition) is 0. The fourth-order valence-electron chi connectivity index (χ4n) is 4.07. The average molecular weight is 369 g/mol. The van der Waals surface area contributed by atoms with Gasteiger partial charge in [-0.3, -0.25) is 0 Å². The zero-order valence-corrected chi connectivity index (χ0v) is 18.1. The average Bonchev–Trinajstić information content (AvgIpc) is 2.58. The maximum atomic E-state index is 2.36. The van der Waals surface area contributed by atoms with Gasteiger partial charge in [-0.1, -0.05) is 32.1 Å². The monoisotopic (exact) mass is 368 g/mol. The minimum Gasteiger partial charge on any atom is -0.205 e. The first-order chi connectivity index (χ1) is 13.0. The standard InChI is InChI=1S/C25H40N2/c1-22-16-23(2)19-26(18-22)14-12-10-8-6-5-7-9-11-13-15-27-20-24(3)17-25(4)21-27/h16-21H,5-15H2,1-4H3/q+2. The Hall–Kier alpha value is -1.70. The zero-order chi connectivity index (χ0) is 19.5. The Morgan fingerprint density at radius 1 is 0.444 bits per heavy atom. The van der Waals surface area contributed by atoms with Gasteiger partial charge in [0.05, 0.1) is 0 Å². The van der Waals surface area contributed by atoms with Gasteiger partial charge in [0, 0.05) is 35.1 Å². The molecule has 0 atom stereocenters. The molecule has 0 saturated heterocycles. The van der Waals surface area contributed by atoms with Gasteiger partial charge in [-0.2, -0.15) is 0 Å². The molecule has 0 aliphatic heterocycles. The summed E-state index contributed by atoms with van der Waals surface area (Å²) < 4.78 is 4.72. The van der Waals surface area contributed by atoms with Crippen LogP contribution in [-0.2, 0) is 13.1 Å². The fraction of sp³-hybridized carbons (Fsp3) is 0.600. The Bertz CT molecular complexity index is 591. The van der Waals surface area contributed by atoms with Crippen molar-refractivity contribution in [1.82, 2.24) is 0 Å². The lowest BCUT2D eigenvalue weighted by atomic mass is 10.1.